The van der Waals surface area contributed by atoms with Crippen LogP contribution in [0.3, 0.4) is 0 Å². The molecule has 0 bridgehead atoms. The lowest BCUT2D eigenvalue weighted by Gasteiger charge is -1.94. The summed E-state index contributed by atoms with van der Waals surface area (Å²) in [5.74, 6) is -0.627. The standard InChI is InChI=1S/C11H8O4/c1-14-10(12)6-8-7-4-2-3-5-9(7)15-11(8)13/h2-6H,1H3/b8-6+. The highest BCUT2D eigenvalue weighted by atomic mass is 16.5. The van der Waals surface area contributed by atoms with Crippen LogP contribution in [0.25, 0.3) is 5.57 Å². The number of carbonyl (C=O) groups is 2. The average Bonchev–Trinajstić information content (AvgIpc) is 2.55. The van der Waals surface area contributed by atoms with Crippen LogP contribution in [0.1, 0.15) is 5.56 Å². The molecule has 2 rings (SSSR count). The van der Waals surface area contributed by atoms with Crippen molar-refractivity contribution in [3.05, 3.63) is 35.9 Å². The van der Waals surface area contributed by atoms with Gasteiger partial charge < -0.3 is 9.47 Å². The zero-order valence-corrected chi connectivity index (χ0v) is 8.02. The topological polar surface area (TPSA) is 52.6 Å². The molecule has 1 aromatic carbocycles. The summed E-state index contributed by atoms with van der Waals surface area (Å²) in [4.78, 5) is 22.4. The summed E-state index contributed by atoms with van der Waals surface area (Å²) in [5, 5.41) is 0. The Bertz CT molecular complexity index is 459. The van der Waals surface area contributed by atoms with Crippen molar-refractivity contribution < 1.29 is 19.1 Å². The van der Waals surface area contributed by atoms with Gasteiger partial charge in [0, 0.05) is 11.6 Å². The summed E-state index contributed by atoms with van der Waals surface area (Å²) in [6.07, 6.45) is 1.13. The molecule has 1 heterocycles. The smallest absolute Gasteiger partial charge is 0.344 e. The van der Waals surface area contributed by atoms with E-state index in [1.165, 1.54) is 7.11 Å². The maximum Gasteiger partial charge on any atom is 0.344 e. The van der Waals surface area contributed by atoms with E-state index in [9.17, 15) is 9.59 Å². The molecule has 76 valence electrons. The lowest BCUT2D eigenvalue weighted by molar-refractivity contribution is -0.135. The lowest BCUT2D eigenvalue weighted by Crippen LogP contribution is -2.04. The Labute approximate surface area is 86.1 Å². The molecule has 0 fully saturated rings. The summed E-state index contributed by atoms with van der Waals surface area (Å²) < 4.78 is 9.40. The number of rotatable bonds is 1. The van der Waals surface area contributed by atoms with Crippen LogP contribution in [-0.4, -0.2) is 19.0 Å². The van der Waals surface area contributed by atoms with Gasteiger partial charge in [0.25, 0.3) is 0 Å². The molecule has 4 heteroatoms. The van der Waals surface area contributed by atoms with Crippen LogP contribution >= 0.6 is 0 Å². The Hall–Kier alpha value is -2.10. The van der Waals surface area contributed by atoms with Crippen molar-refractivity contribution in [1.82, 2.24) is 0 Å². The second kappa shape index (κ2) is 3.57. The summed E-state index contributed by atoms with van der Waals surface area (Å²) in [7, 11) is 1.26. The van der Waals surface area contributed by atoms with Gasteiger partial charge in [0.15, 0.2) is 0 Å². The third-order valence-electron chi connectivity index (χ3n) is 2.06. The largest absolute Gasteiger partial charge is 0.466 e. The Morgan fingerprint density at radius 1 is 1.40 bits per heavy atom. The number of methoxy groups -OCH3 is 1. The van der Waals surface area contributed by atoms with E-state index in [2.05, 4.69) is 4.74 Å². The molecule has 0 radical (unpaired) electrons. The number of benzene rings is 1. The Kier molecular flexibility index (Phi) is 2.25. The monoisotopic (exact) mass is 204 g/mol. The van der Waals surface area contributed by atoms with Gasteiger partial charge in [-0.2, -0.15) is 0 Å². The first-order chi connectivity index (χ1) is 7.22. The van der Waals surface area contributed by atoms with Crippen molar-refractivity contribution in [2.75, 3.05) is 7.11 Å². The van der Waals surface area contributed by atoms with Gasteiger partial charge >= 0.3 is 11.9 Å². The fourth-order valence-corrected chi connectivity index (χ4v) is 1.36. The fraction of sp³-hybridized carbons (Fsp3) is 0.0909. The molecule has 4 nitrogen and oxygen atoms in total. The first-order valence-corrected chi connectivity index (χ1v) is 4.33. The fourth-order valence-electron chi connectivity index (χ4n) is 1.36. The number of hydrogen-bond acceptors (Lipinski definition) is 4. The number of fused-ring (bicyclic) bond motifs is 1. The van der Waals surface area contributed by atoms with E-state index in [0.717, 1.165) is 6.08 Å². The number of ether oxygens (including phenoxy) is 2. The predicted molar refractivity (Wildman–Crippen MR) is 52.1 cm³/mol. The second-order valence-electron chi connectivity index (χ2n) is 2.97. The Morgan fingerprint density at radius 3 is 2.87 bits per heavy atom. The van der Waals surface area contributed by atoms with Crippen molar-refractivity contribution in [2.45, 2.75) is 0 Å². The molecule has 0 saturated heterocycles. The van der Waals surface area contributed by atoms with Crippen molar-refractivity contribution in [3.8, 4) is 5.75 Å². The van der Waals surface area contributed by atoms with Gasteiger partial charge in [-0.15, -0.1) is 0 Å². The highest BCUT2D eigenvalue weighted by molar-refractivity contribution is 6.24. The molecule has 0 spiro atoms. The highest BCUT2D eigenvalue weighted by Gasteiger charge is 2.27. The SMILES string of the molecule is COC(=O)/C=C1/C(=O)Oc2ccccc21. The molecule has 0 atom stereocenters. The number of carbonyl (C=O) groups excluding carboxylic acids is 2. The number of esters is 2. The van der Waals surface area contributed by atoms with Crippen LogP contribution in [0.2, 0.25) is 0 Å². The normalized spacial score (nSPS) is 16.1. The highest BCUT2D eigenvalue weighted by Crippen LogP contribution is 2.33. The molecule has 0 unspecified atom stereocenters. The van der Waals surface area contributed by atoms with E-state index < -0.39 is 11.9 Å². The van der Waals surface area contributed by atoms with Crippen molar-refractivity contribution in [1.29, 1.82) is 0 Å². The van der Waals surface area contributed by atoms with E-state index in [1.807, 2.05) is 0 Å². The van der Waals surface area contributed by atoms with Gasteiger partial charge in [0.2, 0.25) is 0 Å². The molecule has 0 amide bonds. The molecule has 0 aliphatic carbocycles. The molecule has 0 saturated carbocycles. The molecule has 15 heavy (non-hydrogen) atoms. The van der Waals surface area contributed by atoms with E-state index >= 15 is 0 Å². The third-order valence-corrected chi connectivity index (χ3v) is 2.06. The maximum absolute atomic E-state index is 11.4. The predicted octanol–water partition coefficient (Wildman–Crippen LogP) is 1.16. The molecule has 0 N–H and O–H groups in total. The van der Waals surface area contributed by atoms with Crippen molar-refractivity contribution in [3.63, 3.8) is 0 Å². The van der Waals surface area contributed by atoms with E-state index in [4.69, 9.17) is 4.74 Å². The van der Waals surface area contributed by atoms with Gasteiger partial charge in [0.05, 0.1) is 12.7 Å². The van der Waals surface area contributed by atoms with E-state index in [-0.39, 0.29) is 5.57 Å². The van der Waals surface area contributed by atoms with E-state index in [1.54, 1.807) is 24.3 Å². The Morgan fingerprint density at radius 2 is 2.13 bits per heavy atom. The van der Waals surface area contributed by atoms with Crippen LogP contribution in [0.4, 0.5) is 0 Å². The average molecular weight is 204 g/mol. The van der Waals surface area contributed by atoms with Crippen LogP contribution in [0.5, 0.6) is 5.75 Å². The zero-order valence-electron chi connectivity index (χ0n) is 8.02. The Balaban J connectivity index is 2.46. The molecule has 1 aromatic rings. The van der Waals surface area contributed by atoms with Crippen LogP contribution < -0.4 is 4.74 Å². The van der Waals surface area contributed by atoms with E-state index in [0.29, 0.717) is 11.3 Å². The summed E-state index contributed by atoms with van der Waals surface area (Å²) in [6.45, 7) is 0. The minimum absolute atomic E-state index is 0.234. The van der Waals surface area contributed by atoms with Crippen molar-refractivity contribution >= 4 is 17.5 Å². The molecular weight excluding hydrogens is 196 g/mol. The number of hydrogen-bond donors (Lipinski definition) is 0. The van der Waals surface area contributed by atoms with Gasteiger partial charge in [-0.25, -0.2) is 9.59 Å². The van der Waals surface area contributed by atoms with Crippen LogP contribution in [-0.2, 0) is 14.3 Å². The van der Waals surface area contributed by atoms with Gasteiger partial charge in [-0.3, -0.25) is 0 Å². The first-order valence-electron chi connectivity index (χ1n) is 4.33. The first kappa shape index (κ1) is 9.45. The molecule has 1 aliphatic rings. The summed E-state index contributed by atoms with van der Waals surface area (Å²) in [5.41, 5.74) is 0.852. The molecule has 1 aliphatic heterocycles. The zero-order chi connectivity index (χ0) is 10.8. The molecular formula is C11H8O4. The quantitative estimate of drug-likeness (QED) is 0.391. The maximum atomic E-state index is 11.4. The number of para-hydroxylation sites is 1. The van der Waals surface area contributed by atoms with Gasteiger partial charge in [-0.05, 0) is 6.07 Å². The van der Waals surface area contributed by atoms with Gasteiger partial charge in [-0.1, -0.05) is 18.2 Å². The minimum atomic E-state index is -0.571. The minimum Gasteiger partial charge on any atom is -0.466 e. The van der Waals surface area contributed by atoms with Crippen molar-refractivity contribution in [2.24, 2.45) is 0 Å². The van der Waals surface area contributed by atoms with Crippen LogP contribution in [0.15, 0.2) is 30.3 Å². The van der Waals surface area contributed by atoms with Gasteiger partial charge in [0.1, 0.15) is 5.75 Å². The third kappa shape index (κ3) is 1.61. The van der Waals surface area contributed by atoms with Crippen LogP contribution in [0, 0.1) is 0 Å². The summed E-state index contributed by atoms with van der Waals surface area (Å²) >= 11 is 0. The molecule has 0 aromatic heterocycles. The lowest BCUT2D eigenvalue weighted by atomic mass is 10.1. The second-order valence-corrected chi connectivity index (χ2v) is 2.97. The summed E-state index contributed by atoms with van der Waals surface area (Å²) in [6, 6.07) is 6.92.